The fourth-order valence-electron chi connectivity index (χ4n) is 2.25. The number of nitrogens with zero attached hydrogens (tertiary/aromatic N) is 2. The molecule has 0 bridgehead atoms. The van der Waals surface area contributed by atoms with E-state index in [4.69, 9.17) is 9.15 Å². The minimum absolute atomic E-state index is 0.0827. The highest BCUT2D eigenvalue weighted by Crippen LogP contribution is 2.17. The Morgan fingerprint density at radius 3 is 2.79 bits per heavy atom. The summed E-state index contributed by atoms with van der Waals surface area (Å²) in [6.45, 7) is 4.12. The molecular formula is C14H16N2O3. The Morgan fingerprint density at radius 2 is 2.00 bits per heavy atom. The summed E-state index contributed by atoms with van der Waals surface area (Å²) in [5, 5.41) is 0. The summed E-state index contributed by atoms with van der Waals surface area (Å²) < 4.78 is 12.3. The number of furan rings is 1. The van der Waals surface area contributed by atoms with E-state index in [1.54, 1.807) is 18.5 Å². The lowest BCUT2D eigenvalue weighted by molar-refractivity contribution is 0.0341. The zero-order valence-corrected chi connectivity index (χ0v) is 10.6. The molecule has 0 atom stereocenters. The second-order valence-electron chi connectivity index (χ2n) is 4.55. The molecule has 100 valence electrons. The maximum atomic E-state index is 11.8. The molecule has 5 heteroatoms. The molecule has 2 aromatic rings. The van der Waals surface area contributed by atoms with Crippen LogP contribution in [0.25, 0.3) is 5.88 Å². The van der Waals surface area contributed by atoms with Crippen LogP contribution in [-0.2, 0) is 11.3 Å². The van der Waals surface area contributed by atoms with Gasteiger partial charge in [-0.05, 0) is 12.1 Å². The first-order chi connectivity index (χ1) is 9.34. The van der Waals surface area contributed by atoms with Gasteiger partial charge in [0.1, 0.15) is 0 Å². The van der Waals surface area contributed by atoms with Crippen molar-refractivity contribution < 1.29 is 9.15 Å². The summed E-state index contributed by atoms with van der Waals surface area (Å²) >= 11 is 0. The van der Waals surface area contributed by atoms with Crippen molar-refractivity contribution in [3.05, 3.63) is 52.6 Å². The number of rotatable bonds is 3. The fraction of sp³-hybridized carbons (Fsp3) is 0.357. The molecule has 0 unspecified atom stereocenters. The van der Waals surface area contributed by atoms with E-state index >= 15 is 0 Å². The molecule has 0 N–H and O–H groups in total. The van der Waals surface area contributed by atoms with Gasteiger partial charge in [-0.1, -0.05) is 6.07 Å². The van der Waals surface area contributed by atoms with Gasteiger partial charge >= 0.3 is 0 Å². The van der Waals surface area contributed by atoms with E-state index in [1.165, 1.54) is 10.6 Å². The van der Waals surface area contributed by atoms with Gasteiger partial charge in [0, 0.05) is 37.5 Å². The highest BCUT2D eigenvalue weighted by atomic mass is 16.5. The highest BCUT2D eigenvalue weighted by molar-refractivity contribution is 5.31. The summed E-state index contributed by atoms with van der Waals surface area (Å²) in [7, 11) is 0. The summed E-state index contributed by atoms with van der Waals surface area (Å²) in [6.07, 6.45) is 3.36. The van der Waals surface area contributed by atoms with Crippen molar-refractivity contribution in [2.24, 2.45) is 0 Å². The largest absolute Gasteiger partial charge is 0.448 e. The molecule has 2 aromatic heterocycles. The second-order valence-corrected chi connectivity index (χ2v) is 4.55. The van der Waals surface area contributed by atoms with E-state index in [1.807, 2.05) is 12.1 Å². The van der Waals surface area contributed by atoms with Gasteiger partial charge in [0.05, 0.1) is 19.5 Å². The van der Waals surface area contributed by atoms with Crippen molar-refractivity contribution in [1.82, 2.24) is 9.47 Å². The third-order valence-corrected chi connectivity index (χ3v) is 3.26. The number of morpholine rings is 1. The Hall–Kier alpha value is -1.85. The van der Waals surface area contributed by atoms with Gasteiger partial charge in [-0.15, -0.1) is 0 Å². The maximum absolute atomic E-state index is 11.8. The molecule has 0 saturated carbocycles. The molecule has 1 saturated heterocycles. The number of hydrogen-bond acceptors (Lipinski definition) is 4. The first-order valence-corrected chi connectivity index (χ1v) is 6.39. The molecule has 0 amide bonds. The molecule has 1 fully saturated rings. The lowest BCUT2D eigenvalue weighted by Gasteiger charge is -2.26. The van der Waals surface area contributed by atoms with Crippen LogP contribution in [0, 0.1) is 0 Å². The van der Waals surface area contributed by atoms with Gasteiger partial charge in [-0.25, -0.2) is 0 Å². The first kappa shape index (κ1) is 12.2. The van der Waals surface area contributed by atoms with Crippen molar-refractivity contribution in [3.63, 3.8) is 0 Å². The molecule has 1 aliphatic rings. The van der Waals surface area contributed by atoms with E-state index in [-0.39, 0.29) is 5.56 Å². The summed E-state index contributed by atoms with van der Waals surface area (Å²) in [5.41, 5.74) is 0.941. The topological polar surface area (TPSA) is 47.6 Å². The molecule has 3 rings (SSSR count). The van der Waals surface area contributed by atoms with Crippen LogP contribution < -0.4 is 5.56 Å². The molecule has 5 nitrogen and oxygen atoms in total. The fourth-order valence-corrected chi connectivity index (χ4v) is 2.25. The van der Waals surface area contributed by atoms with Gasteiger partial charge in [0.15, 0.2) is 0 Å². The second kappa shape index (κ2) is 5.42. The van der Waals surface area contributed by atoms with Crippen LogP contribution in [0.15, 0.2) is 45.9 Å². The predicted octanol–water partition coefficient (Wildman–Crippen LogP) is 1.26. The van der Waals surface area contributed by atoms with Crippen molar-refractivity contribution >= 4 is 0 Å². The zero-order chi connectivity index (χ0) is 13.1. The minimum Gasteiger partial charge on any atom is -0.448 e. The molecule has 0 spiro atoms. The van der Waals surface area contributed by atoms with E-state index in [9.17, 15) is 4.79 Å². The van der Waals surface area contributed by atoms with E-state index in [2.05, 4.69) is 4.90 Å². The SMILES string of the molecule is O=c1ccccn1-c1occc1CN1CCOCC1. The average molecular weight is 260 g/mol. The Bertz CT molecular complexity index is 596. The van der Waals surface area contributed by atoms with Crippen LogP contribution in [0.4, 0.5) is 0 Å². The van der Waals surface area contributed by atoms with Gasteiger partial charge in [0.2, 0.25) is 5.88 Å². The molecular weight excluding hydrogens is 244 g/mol. The van der Waals surface area contributed by atoms with Crippen molar-refractivity contribution in [1.29, 1.82) is 0 Å². The Balaban J connectivity index is 1.86. The first-order valence-electron chi connectivity index (χ1n) is 6.39. The maximum Gasteiger partial charge on any atom is 0.257 e. The molecule has 19 heavy (non-hydrogen) atoms. The number of ether oxygens (including phenoxy) is 1. The van der Waals surface area contributed by atoms with Crippen molar-refractivity contribution in [2.45, 2.75) is 6.54 Å². The predicted molar refractivity (Wildman–Crippen MR) is 70.4 cm³/mol. The van der Waals surface area contributed by atoms with Crippen LogP contribution in [0.3, 0.4) is 0 Å². The Morgan fingerprint density at radius 1 is 1.16 bits per heavy atom. The number of aromatic nitrogens is 1. The van der Waals surface area contributed by atoms with Gasteiger partial charge in [-0.2, -0.15) is 0 Å². The highest BCUT2D eigenvalue weighted by Gasteiger charge is 2.15. The van der Waals surface area contributed by atoms with Gasteiger partial charge < -0.3 is 9.15 Å². The molecule has 1 aliphatic heterocycles. The van der Waals surface area contributed by atoms with E-state index in [0.717, 1.165) is 38.4 Å². The summed E-state index contributed by atoms with van der Waals surface area (Å²) in [5.74, 6) is 0.608. The van der Waals surface area contributed by atoms with Crippen molar-refractivity contribution in [3.8, 4) is 5.88 Å². The quantitative estimate of drug-likeness (QED) is 0.833. The lowest BCUT2D eigenvalue weighted by Crippen LogP contribution is -2.35. The number of hydrogen-bond donors (Lipinski definition) is 0. The third kappa shape index (κ3) is 2.62. The van der Waals surface area contributed by atoms with Crippen molar-refractivity contribution in [2.75, 3.05) is 26.3 Å². The van der Waals surface area contributed by atoms with Crippen LogP contribution in [0.5, 0.6) is 0 Å². The van der Waals surface area contributed by atoms with Crippen LogP contribution in [-0.4, -0.2) is 35.8 Å². The normalized spacial score (nSPS) is 16.6. The Labute approximate surface area is 111 Å². The van der Waals surface area contributed by atoms with Gasteiger partial charge in [0.25, 0.3) is 5.56 Å². The molecule has 3 heterocycles. The molecule has 0 radical (unpaired) electrons. The minimum atomic E-state index is -0.0827. The lowest BCUT2D eigenvalue weighted by atomic mass is 10.2. The number of pyridine rings is 1. The van der Waals surface area contributed by atoms with Gasteiger partial charge in [-0.3, -0.25) is 14.3 Å². The standard InChI is InChI=1S/C14H16N2O3/c17-13-3-1-2-5-16(13)14-12(4-8-19-14)11-15-6-9-18-10-7-15/h1-5,8H,6-7,9-11H2. The smallest absolute Gasteiger partial charge is 0.257 e. The van der Waals surface area contributed by atoms with Crippen LogP contribution >= 0.6 is 0 Å². The Kier molecular flexibility index (Phi) is 3.48. The summed E-state index contributed by atoms with van der Waals surface area (Å²) in [6, 6.07) is 7.00. The zero-order valence-electron chi connectivity index (χ0n) is 10.6. The monoisotopic (exact) mass is 260 g/mol. The molecule has 0 aliphatic carbocycles. The van der Waals surface area contributed by atoms with E-state index < -0.39 is 0 Å². The molecule has 0 aromatic carbocycles. The van der Waals surface area contributed by atoms with Crippen LogP contribution in [0.1, 0.15) is 5.56 Å². The summed E-state index contributed by atoms with van der Waals surface area (Å²) in [4.78, 5) is 14.1. The van der Waals surface area contributed by atoms with E-state index in [0.29, 0.717) is 5.88 Å². The van der Waals surface area contributed by atoms with Crippen LogP contribution in [0.2, 0.25) is 0 Å². The average Bonchev–Trinajstić information content (AvgIpc) is 2.88. The third-order valence-electron chi connectivity index (χ3n) is 3.26.